The van der Waals surface area contributed by atoms with E-state index in [0.29, 0.717) is 6.61 Å². The van der Waals surface area contributed by atoms with Crippen LogP contribution in [0.3, 0.4) is 0 Å². The zero-order chi connectivity index (χ0) is 16.3. The Kier molecular flexibility index (Phi) is 18.9. The van der Waals surface area contributed by atoms with Crippen LogP contribution in [0.2, 0.25) is 0 Å². The third-order valence-electron chi connectivity index (χ3n) is 4.59. The average Bonchev–Trinajstić information content (AvgIpc) is 2.52. The van der Waals surface area contributed by atoms with E-state index in [1.165, 1.54) is 83.5 Å². The third kappa shape index (κ3) is 18.0. The normalized spacial score (nSPS) is 12.7. The number of aliphatic hydroxyl groups excluding tert-OH is 2. The van der Waals surface area contributed by atoms with E-state index >= 15 is 0 Å². The molecule has 1 atom stereocenters. The lowest BCUT2D eigenvalue weighted by Gasteiger charge is -2.10. The highest BCUT2D eigenvalue weighted by atomic mass is 16.3. The molecule has 0 saturated heterocycles. The molecule has 0 aromatic carbocycles. The van der Waals surface area contributed by atoms with Gasteiger partial charge in [-0.1, -0.05) is 96.8 Å². The number of aliphatic hydroxyl groups is 2. The van der Waals surface area contributed by atoms with E-state index in [0.717, 1.165) is 25.7 Å². The van der Waals surface area contributed by atoms with Crippen LogP contribution >= 0.6 is 0 Å². The summed E-state index contributed by atoms with van der Waals surface area (Å²) >= 11 is 0. The molecule has 0 amide bonds. The largest absolute Gasteiger partial charge is 0.396 e. The van der Waals surface area contributed by atoms with Crippen LogP contribution < -0.4 is 0 Å². The molecule has 0 aliphatic heterocycles. The maximum Gasteiger partial charge on any atom is 0.0540 e. The van der Waals surface area contributed by atoms with Gasteiger partial charge in [0, 0.05) is 6.61 Å². The Morgan fingerprint density at radius 1 is 0.545 bits per heavy atom. The molecule has 0 heterocycles. The predicted molar refractivity (Wildman–Crippen MR) is 97.3 cm³/mol. The molecule has 2 nitrogen and oxygen atoms in total. The lowest BCUT2D eigenvalue weighted by molar-refractivity contribution is 0.147. The second kappa shape index (κ2) is 19.0. The standard InChI is InChI=1S/C20H42O2/c1-2-3-4-5-6-8-11-14-17-20(22)18-15-12-9-7-10-13-16-19-21/h20-22H,2-19H2,1H3. The van der Waals surface area contributed by atoms with Gasteiger partial charge in [-0.3, -0.25) is 0 Å². The lowest BCUT2D eigenvalue weighted by atomic mass is 10.0. The molecule has 1 unspecified atom stereocenters. The van der Waals surface area contributed by atoms with E-state index in [1.54, 1.807) is 0 Å². The van der Waals surface area contributed by atoms with Gasteiger partial charge in [0.15, 0.2) is 0 Å². The molecule has 0 bridgehead atoms. The van der Waals surface area contributed by atoms with Gasteiger partial charge in [0.25, 0.3) is 0 Å². The number of hydrogen-bond donors (Lipinski definition) is 2. The molecule has 2 N–H and O–H groups in total. The van der Waals surface area contributed by atoms with Crippen LogP contribution in [0.4, 0.5) is 0 Å². The van der Waals surface area contributed by atoms with Gasteiger partial charge >= 0.3 is 0 Å². The molecule has 0 aromatic heterocycles. The Bertz CT molecular complexity index is 174. The summed E-state index contributed by atoms with van der Waals surface area (Å²) in [6.45, 7) is 2.60. The van der Waals surface area contributed by atoms with Gasteiger partial charge in [0.1, 0.15) is 0 Å². The summed E-state index contributed by atoms with van der Waals surface area (Å²) in [7, 11) is 0. The van der Waals surface area contributed by atoms with Crippen LogP contribution in [-0.2, 0) is 0 Å². The maximum absolute atomic E-state index is 9.97. The fourth-order valence-corrected chi connectivity index (χ4v) is 3.03. The second-order valence-corrected chi connectivity index (χ2v) is 6.90. The van der Waals surface area contributed by atoms with Crippen molar-refractivity contribution in [2.75, 3.05) is 6.61 Å². The summed E-state index contributed by atoms with van der Waals surface area (Å²) in [4.78, 5) is 0. The van der Waals surface area contributed by atoms with Crippen LogP contribution in [0.15, 0.2) is 0 Å². The fraction of sp³-hybridized carbons (Fsp3) is 1.00. The first-order valence-electron chi connectivity index (χ1n) is 10.1. The van der Waals surface area contributed by atoms with Gasteiger partial charge in [-0.25, -0.2) is 0 Å². The van der Waals surface area contributed by atoms with Crippen molar-refractivity contribution >= 4 is 0 Å². The van der Waals surface area contributed by atoms with Crippen LogP contribution in [-0.4, -0.2) is 22.9 Å². The van der Waals surface area contributed by atoms with Crippen LogP contribution in [0, 0.1) is 0 Å². The summed E-state index contributed by atoms with van der Waals surface area (Å²) in [5.74, 6) is 0. The Hall–Kier alpha value is -0.0800. The van der Waals surface area contributed by atoms with Crippen molar-refractivity contribution in [3.8, 4) is 0 Å². The Labute approximate surface area is 139 Å². The molecule has 0 fully saturated rings. The summed E-state index contributed by atoms with van der Waals surface area (Å²) in [5, 5.41) is 18.7. The van der Waals surface area contributed by atoms with E-state index in [2.05, 4.69) is 6.92 Å². The highest BCUT2D eigenvalue weighted by molar-refractivity contribution is 4.57. The van der Waals surface area contributed by atoms with Gasteiger partial charge in [-0.2, -0.15) is 0 Å². The summed E-state index contributed by atoms with van der Waals surface area (Å²) in [6.07, 6.45) is 21.1. The minimum Gasteiger partial charge on any atom is -0.396 e. The molecule has 0 radical (unpaired) electrons. The van der Waals surface area contributed by atoms with Crippen molar-refractivity contribution in [2.45, 2.75) is 122 Å². The first-order chi connectivity index (χ1) is 10.8. The number of rotatable bonds is 18. The smallest absolute Gasteiger partial charge is 0.0540 e. The fourth-order valence-electron chi connectivity index (χ4n) is 3.03. The summed E-state index contributed by atoms with van der Waals surface area (Å²) < 4.78 is 0. The zero-order valence-electron chi connectivity index (χ0n) is 15.2. The quantitative estimate of drug-likeness (QED) is 0.305. The van der Waals surface area contributed by atoms with Gasteiger partial charge < -0.3 is 10.2 Å². The topological polar surface area (TPSA) is 40.5 Å². The third-order valence-corrected chi connectivity index (χ3v) is 4.59. The highest BCUT2D eigenvalue weighted by Gasteiger charge is 2.03. The van der Waals surface area contributed by atoms with Crippen LogP contribution in [0.5, 0.6) is 0 Å². The molecule has 0 spiro atoms. The Balaban J connectivity index is 3.11. The van der Waals surface area contributed by atoms with E-state index < -0.39 is 0 Å². The number of unbranched alkanes of at least 4 members (excludes halogenated alkanes) is 13. The molecule has 0 aromatic rings. The highest BCUT2D eigenvalue weighted by Crippen LogP contribution is 2.14. The average molecular weight is 315 g/mol. The van der Waals surface area contributed by atoms with Gasteiger partial charge in [0.05, 0.1) is 6.10 Å². The van der Waals surface area contributed by atoms with Crippen molar-refractivity contribution in [3.05, 3.63) is 0 Å². The molecule has 0 saturated carbocycles. The predicted octanol–water partition coefficient (Wildman–Crippen LogP) is 5.99. The van der Waals surface area contributed by atoms with E-state index in [4.69, 9.17) is 5.11 Å². The summed E-state index contributed by atoms with van der Waals surface area (Å²) in [6, 6.07) is 0. The van der Waals surface area contributed by atoms with Crippen molar-refractivity contribution in [2.24, 2.45) is 0 Å². The van der Waals surface area contributed by atoms with Gasteiger partial charge in [-0.15, -0.1) is 0 Å². The van der Waals surface area contributed by atoms with Gasteiger partial charge in [-0.05, 0) is 19.3 Å². The van der Waals surface area contributed by atoms with Crippen LogP contribution in [0.1, 0.15) is 116 Å². The monoisotopic (exact) mass is 314 g/mol. The molecule has 22 heavy (non-hydrogen) atoms. The zero-order valence-corrected chi connectivity index (χ0v) is 15.2. The van der Waals surface area contributed by atoms with Crippen molar-refractivity contribution in [1.29, 1.82) is 0 Å². The molecule has 2 heteroatoms. The Morgan fingerprint density at radius 2 is 0.909 bits per heavy atom. The lowest BCUT2D eigenvalue weighted by Crippen LogP contribution is -2.05. The second-order valence-electron chi connectivity index (χ2n) is 6.90. The molecular weight excluding hydrogens is 272 g/mol. The van der Waals surface area contributed by atoms with E-state index in [1.807, 2.05) is 0 Å². The van der Waals surface area contributed by atoms with Crippen LogP contribution in [0.25, 0.3) is 0 Å². The molecule has 0 rings (SSSR count). The first-order valence-corrected chi connectivity index (χ1v) is 10.1. The van der Waals surface area contributed by atoms with E-state index in [-0.39, 0.29) is 6.10 Å². The van der Waals surface area contributed by atoms with Crippen molar-refractivity contribution < 1.29 is 10.2 Å². The molecule has 134 valence electrons. The minimum absolute atomic E-state index is 0.0607. The van der Waals surface area contributed by atoms with Gasteiger partial charge in [0.2, 0.25) is 0 Å². The van der Waals surface area contributed by atoms with Crippen molar-refractivity contribution in [3.63, 3.8) is 0 Å². The first kappa shape index (κ1) is 21.9. The molecule has 0 aliphatic carbocycles. The number of hydrogen-bond acceptors (Lipinski definition) is 2. The summed E-state index contributed by atoms with van der Waals surface area (Å²) in [5.41, 5.74) is 0. The maximum atomic E-state index is 9.97. The minimum atomic E-state index is -0.0607. The Morgan fingerprint density at radius 3 is 1.32 bits per heavy atom. The molecular formula is C20H42O2. The SMILES string of the molecule is CCCCCCCCCCC(O)CCCCCCCCCO. The van der Waals surface area contributed by atoms with E-state index in [9.17, 15) is 5.11 Å². The van der Waals surface area contributed by atoms with Crippen molar-refractivity contribution in [1.82, 2.24) is 0 Å². The molecule has 0 aliphatic rings.